The summed E-state index contributed by atoms with van der Waals surface area (Å²) < 4.78 is 22.5. The maximum absolute atomic E-state index is 13.5. The minimum atomic E-state index is -1.00. The Labute approximate surface area is 219 Å². The minimum Gasteiger partial charge on any atom is -0.466 e. The number of benzene rings is 2. The summed E-state index contributed by atoms with van der Waals surface area (Å²) in [5.74, 6) is -3.65. The topological polar surface area (TPSA) is 121 Å². The van der Waals surface area contributed by atoms with Crippen LogP contribution in [0, 0.1) is 5.92 Å². The first-order chi connectivity index (χ1) is 18.1. The van der Waals surface area contributed by atoms with Crippen molar-refractivity contribution in [1.82, 2.24) is 5.32 Å². The SMILES string of the molecule is CCOC(=O)C1C(COC(C)=O)NC(C)=C(C(=O)OC(C)C)C1c1cccc2c(=O)c3ccccc3oc12. The van der Waals surface area contributed by atoms with Crippen LogP contribution in [0.15, 0.2) is 62.9 Å². The van der Waals surface area contributed by atoms with E-state index >= 15 is 0 Å². The van der Waals surface area contributed by atoms with Crippen LogP contribution in [-0.4, -0.2) is 43.3 Å². The molecule has 9 heteroatoms. The number of nitrogens with one attached hydrogen (secondary N) is 1. The summed E-state index contributed by atoms with van der Waals surface area (Å²) in [7, 11) is 0. The first-order valence-corrected chi connectivity index (χ1v) is 12.6. The van der Waals surface area contributed by atoms with E-state index < -0.39 is 41.9 Å². The summed E-state index contributed by atoms with van der Waals surface area (Å²) in [5.41, 5.74) is 1.52. The van der Waals surface area contributed by atoms with E-state index in [0.717, 1.165) is 0 Å². The van der Waals surface area contributed by atoms with Crippen molar-refractivity contribution in [2.45, 2.75) is 52.7 Å². The zero-order valence-corrected chi connectivity index (χ0v) is 22.0. The van der Waals surface area contributed by atoms with Gasteiger partial charge in [-0.05, 0) is 45.9 Å². The van der Waals surface area contributed by atoms with Crippen molar-refractivity contribution < 1.29 is 33.0 Å². The van der Waals surface area contributed by atoms with Gasteiger partial charge in [-0.3, -0.25) is 14.4 Å². The van der Waals surface area contributed by atoms with E-state index in [1.165, 1.54) is 6.92 Å². The van der Waals surface area contributed by atoms with E-state index in [2.05, 4.69) is 5.32 Å². The highest BCUT2D eigenvalue weighted by atomic mass is 16.5. The summed E-state index contributed by atoms with van der Waals surface area (Å²) in [5, 5.41) is 3.90. The van der Waals surface area contributed by atoms with Crippen molar-refractivity contribution in [3.63, 3.8) is 0 Å². The van der Waals surface area contributed by atoms with Gasteiger partial charge in [-0.15, -0.1) is 0 Å². The largest absolute Gasteiger partial charge is 0.466 e. The fourth-order valence-electron chi connectivity index (χ4n) is 4.98. The van der Waals surface area contributed by atoms with Gasteiger partial charge in [-0.25, -0.2) is 4.79 Å². The lowest BCUT2D eigenvalue weighted by Gasteiger charge is -2.39. The summed E-state index contributed by atoms with van der Waals surface area (Å²) in [4.78, 5) is 52.0. The number of carbonyl (C=O) groups is 3. The van der Waals surface area contributed by atoms with Crippen LogP contribution in [0.5, 0.6) is 0 Å². The molecule has 0 fully saturated rings. The van der Waals surface area contributed by atoms with Gasteiger partial charge >= 0.3 is 17.9 Å². The Morgan fingerprint density at radius 2 is 1.74 bits per heavy atom. The Balaban J connectivity index is 2.02. The predicted molar refractivity (Wildman–Crippen MR) is 140 cm³/mol. The summed E-state index contributed by atoms with van der Waals surface area (Å²) >= 11 is 0. The van der Waals surface area contributed by atoms with Gasteiger partial charge < -0.3 is 23.9 Å². The number of ether oxygens (including phenoxy) is 3. The molecule has 3 atom stereocenters. The van der Waals surface area contributed by atoms with E-state index in [-0.39, 0.29) is 29.8 Å². The van der Waals surface area contributed by atoms with Crippen molar-refractivity contribution >= 4 is 39.8 Å². The number of allylic oxidation sites excluding steroid dienone is 1. The molecule has 9 nitrogen and oxygen atoms in total. The molecule has 1 aliphatic rings. The Morgan fingerprint density at radius 1 is 1.03 bits per heavy atom. The third-order valence-corrected chi connectivity index (χ3v) is 6.47. The van der Waals surface area contributed by atoms with Gasteiger partial charge in [0, 0.05) is 24.1 Å². The smallest absolute Gasteiger partial charge is 0.336 e. The minimum absolute atomic E-state index is 0.103. The molecule has 3 unspecified atom stereocenters. The Bertz CT molecular complexity index is 1480. The highest BCUT2D eigenvalue weighted by molar-refractivity contribution is 5.97. The van der Waals surface area contributed by atoms with E-state index in [1.54, 1.807) is 70.2 Å². The molecule has 2 aromatic carbocycles. The fourth-order valence-corrected chi connectivity index (χ4v) is 4.98. The summed E-state index contributed by atoms with van der Waals surface area (Å²) in [6.07, 6.45) is -0.419. The molecule has 0 radical (unpaired) electrons. The summed E-state index contributed by atoms with van der Waals surface area (Å²) in [6, 6.07) is 11.2. The molecule has 0 aliphatic carbocycles. The molecule has 0 saturated carbocycles. The van der Waals surface area contributed by atoms with Crippen LogP contribution < -0.4 is 10.7 Å². The van der Waals surface area contributed by atoms with Crippen LogP contribution in [0.2, 0.25) is 0 Å². The Hall–Kier alpha value is -4.14. The second-order valence-electron chi connectivity index (χ2n) is 9.45. The highest BCUT2D eigenvalue weighted by Crippen LogP contribution is 2.43. The molecule has 0 spiro atoms. The second kappa shape index (κ2) is 11.1. The van der Waals surface area contributed by atoms with Crippen molar-refractivity contribution in [3.8, 4) is 0 Å². The lowest BCUT2D eigenvalue weighted by Crippen LogP contribution is -2.51. The lowest BCUT2D eigenvalue weighted by atomic mass is 9.73. The predicted octanol–water partition coefficient (Wildman–Crippen LogP) is 3.97. The zero-order chi connectivity index (χ0) is 27.6. The van der Waals surface area contributed by atoms with Gasteiger partial charge in [0.15, 0.2) is 0 Å². The van der Waals surface area contributed by atoms with Crippen LogP contribution in [-0.2, 0) is 28.6 Å². The molecule has 4 rings (SSSR count). The molecule has 0 amide bonds. The molecular weight excluding hydrogens is 490 g/mol. The van der Waals surface area contributed by atoms with Crippen LogP contribution in [0.1, 0.15) is 46.1 Å². The first-order valence-electron chi connectivity index (χ1n) is 12.6. The monoisotopic (exact) mass is 521 g/mol. The highest BCUT2D eigenvalue weighted by Gasteiger charge is 2.47. The van der Waals surface area contributed by atoms with Gasteiger partial charge in [0.1, 0.15) is 17.8 Å². The maximum atomic E-state index is 13.5. The normalized spacial score (nSPS) is 19.4. The maximum Gasteiger partial charge on any atom is 0.336 e. The van der Waals surface area contributed by atoms with Gasteiger partial charge in [0.2, 0.25) is 5.43 Å². The lowest BCUT2D eigenvalue weighted by molar-refractivity contribution is -0.154. The zero-order valence-electron chi connectivity index (χ0n) is 22.0. The first kappa shape index (κ1) is 26.9. The second-order valence-corrected chi connectivity index (χ2v) is 9.45. The molecule has 0 bridgehead atoms. The van der Waals surface area contributed by atoms with Gasteiger partial charge in [-0.1, -0.05) is 24.3 Å². The van der Waals surface area contributed by atoms with Crippen molar-refractivity contribution in [2.75, 3.05) is 13.2 Å². The summed E-state index contributed by atoms with van der Waals surface area (Å²) in [6.45, 7) is 8.08. The van der Waals surface area contributed by atoms with Crippen LogP contribution in [0.4, 0.5) is 0 Å². The van der Waals surface area contributed by atoms with Crippen molar-refractivity contribution in [3.05, 3.63) is 69.5 Å². The molecule has 200 valence electrons. The fraction of sp³-hybridized carbons (Fsp3) is 0.379. The molecule has 1 aliphatic heterocycles. The molecule has 2 heterocycles. The average Bonchev–Trinajstić information content (AvgIpc) is 2.86. The van der Waals surface area contributed by atoms with Crippen molar-refractivity contribution in [2.24, 2.45) is 5.92 Å². The number of hydrogen-bond acceptors (Lipinski definition) is 9. The number of fused-ring (bicyclic) bond motifs is 2. The molecule has 38 heavy (non-hydrogen) atoms. The van der Waals surface area contributed by atoms with Gasteiger partial charge in [0.25, 0.3) is 0 Å². The number of esters is 3. The van der Waals surface area contributed by atoms with Crippen molar-refractivity contribution in [1.29, 1.82) is 0 Å². The van der Waals surface area contributed by atoms with Crippen LogP contribution in [0.3, 0.4) is 0 Å². The van der Waals surface area contributed by atoms with E-state index in [9.17, 15) is 19.2 Å². The number of hydrogen-bond donors (Lipinski definition) is 1. The van der Waals surface area contributed by atoms with Gasteiger partial charge in [0.05, 0.1) is 41.0 Å². The van der Waals surface area contributed by atoms with E-state index in [1.807, 2.05) is 0 Å². The van der Waals surface area contributed by atoms with E-state index in [4.69, 9.17) is 18.6 Å². The quantitative estimate of drug-likeness (QED) is 0.280. The van der Waals surface area contributed by atoms with Crippen LogP contribution >= 0.6 is 0 Å². The molecule has 1 aromatic heterocycles. The number of rotatable bonds is 7. The van der Waals surface area contributed by atoms with E-state index in [0.29, 0.717) is 27.6 Å². The Kier molecular flexibility index (Phi) is 7.85. The third-order valence-electron chi connectivity index (χ3n) is 6.47. The molecule has 3 aromatic rings. The number of para-hydroxylation sites is 2. The third kappa shape index (κ3) is 5.14. The molecular formula is C29H31NO8. The van der Waals surface area contributed by atoms with Gasteiger partial charge in [-0.2, -0.15) is 0 Å². The molecule has 1 N–H and O–H groups in total. The standard InChI is InChI=1S/C29H31NO8/c1-6-35-28(33)25-21(14-36-17(5)31)30-16(4)23(29(34)37-15(2)3)24(25)19-11-9-12-20-26(32)18-10-7-8-13-22(18)38-27(19)20/h7-13,15,21,24-25,30H,6,14H2,1-5H3. The number of carbonyl (C=O) groups excluding carboxylic acids is 3. The van der Waals surface area contributed by atoms with Crippen LogP contribution in [0.25, 0.3) is 21.9 Å². The average molecular weight is 522 g/mol. The Morgan fingerprint density at radius 3 is 2.42 bits per heavy atom. The molecule has 0 saturated heterocycles.